The van der Waals surface area contributed by atoms with Crippen molar-refractivity contribution in [3.05, 3.63) is 21.9 Å². The summed E-state index contributed by atoms with van der Waals surface area (Å²) in [6.07, 6.45) is 0.395. The molecule has 1 saturated heterocycles. The van der Waals surface area contributed by atoms with Gasteiger partial charge < -0.3 is 10.6 Å². The van der Waals surface area contributed by atoms with Gasteiger partial charge in [0.2, 0.25) is 0 Å². The van der Waals surface area contributed by atoms with Crippen LogP contribution in [0.25, 0.3) is 0 Å². The average molecular weight is 225 g/mol. The Morgan fingerprint density at radius 2 is 2.20 bits per heavy atom. The van der Waals surface area contributed by atoms with E-state index < -0.39 is 0 Å². The van der Waals surface area contributed by atoms with Crippen LogP contribution in [0.4, 0.5) is 0 Å². The summed E-state index contributed by atoms with van der Waals surface area (Å²) in [5.41, 5.74) is 1.40. The maximum atomic E-state index is 3.42. The number of thiophene rings is 1. The number of hydrogen-bond donors (Lipinski definition) is 2. The molecular weight excluding hydrogens is 206 g/mol. The van der Waals surface area contributed by atoms with Crippen LogP contribution in [0.3, 0.4) is 0 Å². The largest absolute Gasteiger partial charge is 0.314 e. The van der Waals surface area contributed by atoms with Gasteiger partial charge >= 0.3 is 0 Å². The normalized spacial score (nSPS) is 20.4. The van der Waals surface area contributed by atoms with Crippen LogP contribution in [0, 0.1) is 6.92 Å². The Morgan fingerprint density at radius 3 is 2.73 bits per heavy atom. The van der Waals surface area contributed by atoms with Crippen molar-refractivity contribution in [2.45, 2.75) is 13.1 Å². The van der Waals surface area contributed by atoms with Crippen LogP contribution in [0.2, 0.25) is 0 Å². The number of piperazine rings is 1. The Balaban J connectivity index is 2.12. The van der Waals surface area contributed by atoms with Gasteiger partial charge in [-0.1, -0.05) is 0 Å². The van der Waals surface area contributed by atoms with E-state index in [4.69, 9.17) is 0 Å². The van der Waals surface area contributed by atoms with Crippen LogP contribution in [-0.4, -0.2) is 38.1 Å². The molecule has 4 heteroatoms. The van der Waals surface area contributed by atoms with Gasteiger partial charge in [-0.05, 0) is 31.0 Å². The predicted molar refractivity (Wildman–Crippen MR) is 65.3 cm³/mol. The molecule has 1 aliphatic heterocycles. The molecule has 0 bridgehead atoms. The predicted octanol–water partition coefficient (Wildman–Crippen LogP) is 1.18. The first-order chi connectivity index (χ1) is 7.33. The van der Waals surface area contributed by atoms with Crippen molar-refractivity contribution in [1.29, 1.82) is 0 Å². The van der Waals surface area contributed by atoms with Crippen molar-refractivity contribution in [3.63, 3.8) is 0 Å². The average Bonchev–Trinajstić information content (AvgIpc) is 2.68. The molecule has 0 aliphatic carbocycles. The minimum Gasteiger partial charge on any atom is -0.314 e. The Bertz CT molecular complexity index is 305. The lowest BCUT2D eigenvalue weighted by Crippen LogP contribution is -2.48. The maximum absolute atomic E-state index is 3.42. The van der Waals surface area contributed by atoms with E-state index in [9.17, 15) is 0 Å². The molecule has 1 aromatic rings. The minimum absolute atomic E-state index is 0.395. The Hall–Kier alpha value is -0.420. The smallest absolute Gasteiger partial charge is 0.0956 e. The minimum atomic E-state index is 0.395. The van der Waals surface area contributed by atoms with Gasteiger partial charge in [-0.25, -0.2) is 0 Å². The molecule has 0 spiro atoms. The van der Waals surface area contributed by atoms with Crippen molar-refractivity contribution < 1.29 is 0 Å². The Morgan fingerprint density at radius 1 is 1.47 bits per heavy atom. The molecule has 2 heterocycles. The number of nitrogens with one attached hydrogen (secondary N) is 2. The summed E-state index contributed by atoms with van der Waals surface area (Å²) < 4.78 is 0. The summed E-state index contributed by atoms with van der Waals surface area (Å²) in [6.45, 7) is 6.65. The Labute approximate surface area is 95.5 Å². The third kappa shape index (κ3) is 2.39. The maximum Gasteiger partial charge on any atom is 0.0956 e. The highest BCUT2D eigenvalue weighted by atomic mass is 32.1. The van der Waals surface area contributed by atoms with E-state index in [1.165, 1.54) is 10.4 Å². The van der Waals surface area contributed by atoms with E-state index in [1.54, 1.807) is 0 Å². The zero-order valence-corrected chi connectivity index (χ0v) is 10.2. The third-order valence-electron chi connectivity index (χ3n) is 2.94. The van der Waals surface area contributed by atoms with Crippen LogP contribution < -0.4 is 10.6 Å². The second-order valence-corrected chi connectivity index (χ2v) is 4.89. The molecule has 0 amide bonds. The van der Waals surface area contributed by atoms with E-state index in [2.05, 4.69) is 33.9 Å². The van der Waals surface area contributed by atoms with Crippen LogP contribution in [-0.2, 0) is 0 Å². The van der Waals surface area contributed by atoms with Gasteiger partial charge in [-0.3, -0.25) is 4.90 Å². The molecule has 3 nitrogen and oxygen atoms in total. The summed E-state index contributed by atoms with van der Waals surface area (Å²) in [4.78, 5) is 3.97. The van der Waals surface area contributed by atoms with Gasteiger partial charge in [-0.15, -0.1) is 11.3 Å². The molecule has 1 aromatic heterocycles. The van der Waals surface area contributed by atoms with E-state index in [0.717, 1.165) is 26.2 Å². The van der Waals surface area contributed by atoms with Gasteiger partial charge in [0.1, 0.15) is 0 Å². The summed E-state index contributed by atoms with van der Waals surface area (Å²) in [7, 11) is 2.05. The number of nitrogens with zero attached hydrogens (tertiary/aromatic N) is 1. The fourth-order valence-electron chi connectivity index (χ4n) is 2.08. The molecule has 1 fully saturated rings. The number of hydrogen-bond acceptors (Lipinski definition) is 4. The molecule has 2 N–H and O–H groups in total. The fourth-order valence-corrected chi connectivity index (χ4v) is 3.15. The van der Waals surface area contributed by atoms with Crippen LogP contribution >= 0.6 is 11.3 Å². The monoisotopic (exact) mass is 225 g/mol. The summed E-state index contributed by atoms with van der Waals surface area (Å²) >= 11 is 1.85. The molecule has 0 aromatic carbocycles. The summed E-state index contributed by atoms with van der Waals surface area (Å²) in [5.74, 6) is 0. The second kappa shape index (κ2) is 5.07. The van der Waals surface area contributed by atoms with Gasteiger partial charge in [0.05, 0.1) is 6.17 Å². The van der Waals surface area contributed by atoms with Gasteiger partial charge in [0, 0.05) is 31.1 Å². The van der Waals surface area contributed by atoms with Crippen molar-refractivity contribution >= 4 is 11.3 Å². The van der Waals surface area contributed by atoms with Gasteiger partial charge in [0.25, 0.3) is 0 Å². The zero-order chi connectivity index (χ0) is 10.7. The fraction of sp³-hybridized carbons (Fsp3) is 0.636. The first-order valence-electron chi connectivity index (χ1n) is 5.49. The first-order valence-corrected chi connectivity index (χ1v) is 6.37. The lowest BCUT2D eigenvalue weighted by Gasteiger charge is -2.34. The lowest BCUT2D eigenvalue weighted by molar-refractivity contribution is 0.155. The van der Waals surface area contributed by atoms with Crippen molar-refractivity contribution in [3.8, 4) is 0 Å². The molecule has 1 aliphatic rings. The lowest BCUT2D eigenvalue weighted by atomic mass is 10.2. The van der Waals surface area contributed by atoms with Gasteiger partial charge in [-0.2, -0.15) is 0 Å². The highest BCUT2D eigenvalue weighted by Gasteiger charge is 2.22. The SMILES string of the molecule is CNC(c1sccc1C)N1CCNCC1. The zero-order valence-electron chi connectivity index (χ0n) is 9.42. The van der Waals surface area contributed by atoms with E-state index >= 15 is 0 Å². The standard InChI is InChI=1S/C11H19N3S/c1-9-3-8-15-10(9)11(12-2)14-6-4-13-5-7-14/h3,8,11-13H,4-7H2,1-2H3. The second-order valence-electron chi connectivity index (χ2n) is 3.95. The first kappa shape index (κ1) is 11.1. The molecule has 15 heavy (non-hydrogen) atoms. The molecule has 84 valence electrons. The van der Waals surface area contributed by atoms with Crippen LogP contribution in [0.1, 0.15) is 16.6 Å². The molecule has 1 unspecified atom stereocenters. The number of aryl methyl sites for hydroxylation is 1. The topological polar surface area (TPSA) is 27.3 Å². The molecule has 0 saturated carbocycles. The number of rotatable bonds is 3. The van der Waals surface area contributed by atoms with Crippen molar-refractivity contribution in [2.24, 2.45) is 0 Å². The van der Waals surface area contributed by atoms with Crippen molar-refractivity contribution in [2.75, 3.05) is 33.2 Å². The summed E-state index contributed by atoms with van der Waals surface area (Å²) in [5, 5.41) is 8.99. The van der Waals surface area contributed by atoms with E-state index in [1.807, 2.05) is 18.4 Å². The molecule has 1 atom stereocenters. The van der Waals surface area contributed by atoms with E-state index in [0.29, 0.717) is 6.17 Å². The molecule has 2 rings (SSSR count). The quantitative estimate of drug-likeness (QED) is 0.809. The highest BCUT2D eigenvalue weighted by molar-refractivity contribution is 7.10. The summed E-state index contributed by atoms with van der Waals surface area (Å²) in [6, 6.07) is 2.20. The Kier molecular flexibility index (Phi) is 3.75. The van der Waals surface area contributed by atoms with Crippen LogP contribution in [0.15, 0.2) is 11.4 Å². The third-order valence-corrected chi connectivity index (χ3v) is 4.01. The van der Waals surface area contributed by atoms with E-state index in [-0.39, 0.29) is 0 Å². The van der Waals surface area contributed by atoms with Gasteiger partial charge in [0.15, 0.2) is 0 Å². The van der Waals surface area contributed by atoms with Crippen molar-refractivity contribution in [1.82, 2.24) is 15.5 Å². The van der Waals surface area contributed by atoms with Crippen LogP contribution in [0.5, 0.6) is 0 Å². The highest BCUT2D eigenvalue weighted by Crippen LogP contribution is 2.26. The molecular formula is C11H19N3S. The molecule has 0 radical (unpaired) electrons.